The van der Waals surface area contributed by atoms with Crippen LogP contribution in [0.1, 0.15) is 38.6 Å². The topological polar surface area (TPSA) is 83.7 Å². The predicted molar refractivity (Wildman–Crippen MR) is 91.8 cm³/mol. The van der Waals surface area contributed by atoms with Crippen molar-refractivity contribution < 1.29 is 18.9 Å². The maximum Gasteiger partial charge on any atom is 0.261 e. The Morgan fingerprint density at radius 3 is 2.64 bits per heavy atom. The number of hydrogen-bond donors (Lipinski definition) is 0. The van der Waals surface area contributed by atoms with E-state index in [9.17, 15) is 14.4 Å². The van der Waals surface area contributed by atoms with E-state index in [1.54, 1.807) is 38.2 Å². The molecule has 0 bridgehead atoms. The minimum absolute atomic E-state index is 0.0466. The highest BCUT2D eigenvalue weighted by Crippen LogP contribution is 2.26. The van der Waals surface area contributed by atoms with E-state index < -0.39 is 0 Å². The van der Waals surface area contributed by atoms with Crippen molar-refractivity contribution in [3.8, 4) is 0 Å². The van der Waals surface area contributed by atoms with Crippen LogP contribution in [0.3, 0.4) is 0 Å². The van der Waals surface area contributed by atoms with Crippen molar-refractivity contribution >= 4 is 33.7 Å². The van der Waals surface area contributed by atoms with Gasteiger partial charge in [-0.2, -0.15) is 0 Å². The summed E-state index contributed by atoms with van der Waals surface area (Å²) in [4.78, 5) is 39.6. The molecule has 2 aromatic rings. The van der Waals surface area contributed by atoms with Crippen LogP contribution in [-0.4, -0.2) is 46.3 Å². The van der Waals surface area contributed by atoms with E-state index in [0.717, 1.165) is 9.37 Å². The van der Waals surface area contributed by atoms with Crippen molar-refractivity contribution in [1.82, 2.24) is 15.0 Å². The van der Waals surface area contributed by atoms with Gasteiger partial charge in [0.2, 0.25) is 5.91 Å². The van der Waals surface area contributed by atoms with Crippen molar-refractivity contribution in [2.45, 2.75) is 19.9 Å². The number of hydrogen-bond acceptors (Lipinski definition) is 5. The average molecular weight is 406 g/mol. The molecule has 1 aromatic heterocycles. The Hall–Kier alpha value is -2.48. The van der Waals surface area contributed by atoms with Crippen LogP contribution >= 0.6 is 15.9 Å². The Kier molecular flexibility index (Phi) is 4.71. The molecule has 0 fully saturated rings. The van der Waals surface area contributed by atoms with Crippen LogP contribution in [-0.2, 0) is 11.3 Å². The van der Waals surface area contributed by atoms with Gasteiger partial charge in [-0.3, -0.25) is 19.3 Å². The number of aryl methyl sites for hydroxylation is 1. The number of amides is 3. The van der Waals surface area contributed by atoms with Crippen LogP contribution in [0.5, 0.6) is 0 Å². The lowest BCUT2D eigenvalue weighted by atomic mass is 10.1. The molecular weight excluding hydrogens is 390 g/mol. The Morgan fingerprint density at radius 1 is 1.24 bits per heavy atom. The van der Waals surface area contributed by atoms with Crippen molar-refractivity contribution in [3.05, 3.63) is 51.3 Å². The molecule has 3 rings (SSSR count). The van der Waals surface area contributed by atoms with E-state index in [-0.39, 0.29) is 30.7 Å². The van der Waals surface area contributed by atoms with Gasteiger partial charge in [-0.1, -0.05) is 21.1 Å². The second-order valence-corrected chi connectivity index (χ2v) is 6.80. The van der Waals surface area contributed by atoms with Crippen LogP contribution in [0.25, 0.3) is 0 Å². The number of nitrogens with zero attached hydrogens (tertiary/aromatic N) is 3. The quantitative estimate of drug-likeness (QED) is 0.713. The number of fused-ring (bicyclic) bond motifs is 1. The van der Waals surface area contributed by atoms with Gasteiger partial charge in [0.25, 0.3) is 11.8 Å². The Labute approximate surface area is 152 Å². The lowest BCUT2D eigenvalue weighted by molar-refractivity contribution is -0.130. The first-order valence-electron chi connectivity index (χ1n) is 7.68. The van der Waals surface area contributed by atoms with E-state index >= 15 is 0 Å². The molecule has 1 aliphatic rings. The summed E-state index contributed by atoms with van der Waals surface area (Å²) in [6.45, 7) is 2.13. The molecular formula is C17H16BrN3O4. The SMILES string of the molecule is Cc1cc(CN(C)C(=O)CCN2C(=O)c3ccc(Br)cc3C2=O)no1. The summed E-state index contributed by atoms with van der Waals surface area (Å²) in [7, 11) is 1.64. The van der Waals surface area contributed by atoms with Crippen molar-refractivity contribution in [3.63, 3.8) is 0 Å². The van der Waals surface area contributed by atoms with Gasteiger partial charge in [-0.05, 0) is 25.1 Å². The average Bonchev–Trinajstić information content (AvgIpc) is 3.07. The molecule has 3 amide bonds. The molecule has 0 spiro atoms. The first-order chi connectivity index (χ1) is 11.9. The fourth-order valence-corrected chi connectivity index (χ4v) is 3.05. The Balaban J connectivity index is 1.61. The highest BCUT2D eigenvalue weighted by Gasteiger charge is 2.35. The summed E-state index contributed by atoms with van der Waals surface area (Å²) in [6, 6.07) is 6.70. The summed E-state index contributed by atoms with van der Waals surface area (Å²) < 4.78 is 5.70. The van der Waals surface area contributed by atoms with Crippen LogP contribution in [0.2, 0.25) is 0 Å². The third-order valence-corrected chi connectivity index (χ3v) is 4.48. The first kappa shape index (κ1) is 17.3. The monoisotopic (exact) mass is 405 g/mol. The molecule has 1 aliphatic heterocycles. The first-order valence-corrected chi connectivity index (χ1v) is 8.48. The van der Waals surface area contributed by atoms with Crippen LogP contribution < -0.4 is 0 Å². The van der Waals surface area contributed by atoms with Gasteiger partial charge in [0.1, 0.15) is 11.5 Å². The molecule has 0 atom stereocenters. The van der Waals surface area contributed by atoms with Gasteiger partial charge >= 0.3 is 0 Å². The second-order valence-electron chi connectivity index (χ2n) is 5.88. The van der Waals surface area contributed by atoms with E-state index in [0.29, 0.717) is 29.1 Å². The zero-order valence-electron chi connectivity index (χ0n) is 13.8. The summed E-state index contributed by atoms with van der Waals surface area (Å²) in [5.74, 6) is -0.245. The summed E-state index contributed by atoms with van der Waals surface area (Å²) in [5.41, 5.74) is 1.38. The molecule has 8 heteroatoms. The Morgan fingerprint density at radius 2 is 1.96 bits per heavy atom. The molecule has 0 N–H and O–H groups in total. The molecule has 0 saturated carbocycles. The lowest BCUT2D eigenvalue weighted by Crippen LogP contribution is -2.35. The number of halogens is 1. The van der Waals surface area contributed by atoms with Gasteiger partial charge < -0.3 is 9.42 Å². The number of aromatic nitrogens is 1. The van der Waals surface area contributed by atoms with Gasteiger partial charge in [-0.15, -0.1) is 0 Å². The van der Waals surface area contributed by atoms with Crippen LogP contribution in [0, 0.1) is 6.92 Å². The number of carbonyl (C=O) groups is 3. The van der Waals surface area contributed by atoms with Gasteiger partial charge in [-0.25, -0.2) is 0 Å². The van der Waals surface area contributed by atoms with Gasteiger partial charge in [0.15, 0.2) is 0 Å². The molecule has 0 aliphatic carbocycles. The number of benzene rings is 1. The standard InChI is InChI=1S/C17H16BrN3O4/c1-10-7-12(19-25-10)9-20(2)15(22)5-6-21-16(23)13-4-3-11(18)8-14(13)17(21)24/h3-4,7-8H,5-6,9H2,1-2H3. The zero-order chi connectivity index (χ0) is 18.1. The van der Waals surface area contributed by atoms with Gasteiger partial charge in [0, 0.05) is 30.6 Å². The minimum atomic E-state index is -0.371. The molecule has 2 heterocycles. The normalized spacial score (nSPS) is 13.3. The molecule has 7 nitrogen and oxygen atoms in total. The van der Waals surface area contributed by atoms with E-state index in [1.165, 1.54) is 4.90 Å². The highest BCUT2D eigenvalue weighted by molar-refractivity contribution is 9.10. The van der Waals surface area contributed by atoms with Crippen LogP contribution in [0.4, 0.5) is 0 Å². The zero-order valence-corrected chi connectivity index (χ0v) is 15.4. The summed E-state index contributed by atoms with van der Waals surface area (Å²) in [5, 5.41) is 3.84. The minimum Gasteiger partial charge on any atom is -0.361 e. The van der Waals surface area contributed by atoms with E-state index in [2.05, 4.69) is 21.1 Å². The van der Waals surface area contributed by atoms with E-state index in [1.807, 2.05) is 0 Å². The summed E-state index contributed by atoms with van der Waals surface area (Å²) >= 11 is 3.29. The molecule has 1 aromatic carbocycles. The third-order valence-electron chi connectivity index (χ3n) is 3.98. The van der Waals surface area contributed by atoms with Crippen molar-refractivity contribution in [2.24, 2.45) is 0 Å². The van der Waals surface area contributed by atoms with Crippen molar-refractivity contribution in [1.29, 1.82) is 0 Å². The smallest absolute Gasteiger partial charge is 0.261 e. The third kappa shape index (κ3) is 3.48. The number of imide groups is 1. The molecule has 0 saturated heterocycles. The van der Waals surface area contributed by atoms with E-state index in [4.69, 9.17) is 4.52 Å². The molecule has 25 heavy (non-hydrogen) atoms. The highest BCUT2D eigenvalue weighted by atomic mass is 79.9. The maximum absolute atomic E-state index is 12.4. The largest absolute Gasteiger partial charge is 0.361 e. The Bertz CT molecular complexity index is 861. The second kappa shape index (κ2) is 6.79. The van der Waals surface area contributed by atoms with Crippen LogP contribution in [0.15, 0.2) is 33.3 Å². The molecule has 0 radical (unpaired) electrons. The van der Waals surface area contributed by atoms with Gasteiger partial charge in [0.05, 0.1) is 17.7 Å². The number of carbonyl (C=O) groups excluding carboxylic acids is 3. The molecule has 130 valence electrons. The van der Waals surface area contributed by atoms with Crippen molar-refractivity contribution in [2.75, 3.05) is 13.6 Å². The predicted octanol–water partition coefficient (Wildman–Crippen LogP) is 2.39. The number of rotatable bonds is 5. The summed E-state index contributed by atoms with van der Waals surface area (Å²) in [6.07, 6.45) is 0.0555. The lowest BCUT2D eigenvalue weighted by Gasteiger charge is -2.18. The fourth-order valence-electron chi connectivity index (χ4n) is 2.69. The fraction of sp³-hybridized carbons (Fsp3) is 0.294. The molecule has 0 unspecified atom stereocenters. The maximum atomic E-state index is 12.4.